The zero-order valence-corrected chi connectivity index (χ0v) is 22.2. The number of amides is 4. The molecule has 3 aliphatic carbocycles. The van der Waals surface area contributed by atoms with E-state index in [4.69, 9.17) is 4.74 Å². The lowest BCUT2D eigenvalue weighted by atomic mass is 9.49. The molecule has 2 aliphatic heterocycles. The topological polar surface area (TPSA) is 187 Å². The summed E-state index contributed by atoms with van der Waals surface area (Å²) in [6, 6.07) is 10.4. The van der Waals surface area contributed by atoms with Crippen LogP contribution in [0, 0.1) is 55.7 Å². The SMILES string of the molecule is CCOC(=O)C1=C(C)C2[C@@H]3C(=O)N(c4ccccc4[N+](=O)[O-])C(=O)[C@@H]3C1[C@@H]1C(=O)N(c3ccccc3[N+](=O)[O-])C(=O)[C@@H]21. The summed E-state index contributed by atoms with van der Waals surface area (Å²) in [7, 11) is 0. The number of benzene rings is 2. The van der Waals surface area contributed by atoms with Crippen molar-refractivity contribution in [3.8, 4) is 0 Å². The number of imide groups is 2. The maximum Gasteiger partial charge on any atom is 0.334 e. The lowest BCUT2D eigenvalue weighted by Gasteiger charge is -2.49. The minimum atomic E-state index is -1.30. The van der Waals surface area contributed by atoms with E-state index in [1.807, 2.05) is 0 Å². The zero-order chi connectivity index (χ0) is 30.2. The number of hydrogen-bond acceptors (Lipinski definition) is 10. The normalized spacial score (nSPS) is 27.9. The lowest BCUT2D eigenvalue weighted by Crippen LogP contribution is -2.55. The number of nitro benzene ring substituents is 2. The second kappa shape index (κ2) is 9.39. The molecule has 0 aromatic heterocycles. The van der Waals surface area contributed by atoms with Crippen LogP contribution in [0.5, 0.6) is 0 Å². The molecule has 7 rings (SSSR count). The van der Waals surface area contributed by atoms with Gasteiger partial charge in [-0.3, -0.25) is 39.4 Å². The molecule has 2 aromatic carbocycles. The third kappa shape index (κ3) is 3.40. The van der Waals surface area contributed by atoms with Gasteiger partial charge in [0.05, 0.1) is 40.1 Å². The first-order valence-corrected chi connectivity index (χ1v) is 13.1. The predicted molar refractivity (Wildman–Crippen MR) is 141 cm³/mol. The molecule has 1 saturated carbocycles. The van der Waals surface area contributed by atoms with Crippen molar-refractivity contribution in [1.29, 1.82) is 0 Å². The lowest BCUT2D eigenvalue weighted by molar-refractivity contribution is -0.384. The van der Waals surface area contributed by atoms with Crippen LogP contribution in [0.2, 0.25) is 0 Å². The van der Waals surface area contributed by atoms with Gasteiger partial charge in [-0.2, -0.15) is 0 Å². The third-order valence-corrected chi connectivity index (χ3v) is 8.74. The minimum absolute atomic E-state index is 0.000438. The summed E-state index contributed by atoms with van der Waals surface area (Å²) in [5.41, 5.74) is -1.19. The van der Waals surface area contributed by atoms with Crippen LogP contribution in [0.1, 0.15) is 13.8 Å². The predicted octanol–water partition coefficient (Wildman–Crippen LogP) is 2.55. The van der Waals surface area contributed by atoms with E-state index in [-0.39, 0.29) is 23.6 Å². The Kier molecular flexibility index (Phi) is 6.02. The van der Waals surface area contributed by atoms with Crippen molar-refractivity contribution in [2.75, 3.05) is 16.4 Å². The average Bonchev–Trinajstić information content (AvgIpc) is 3.38. The van der Waals surface area contributed by atoms with Gasteiger partial charge in [0.25, 0.3) is 11.4 Å². The molecule has 3 fully saturated rings. The summed E-state index contributed by atoms with van der Waals surface area (Å²) >= 11 is 0. The van der Waals surface area contributed by atoms with Crippen LogP contribution in [0.25, 0.3) is 0 Å². The number of para-hydroxylation sites is 4. The van der Waals surface area contributed by atoms with E-state index >= 15 is 0 Å². The Balaban J connectivity index is 1.53. The maximum atomic E-state index is 14.0. The number of hydrogen-bond donors (Lipinski definition) is 0. The molecule has 0 spiro atoms. The first-order valence-electron chi connectivity index (χ1n) is 13.1. The van der Waals surface area contributed by atoms with Gasteiger partial charge in [-0.05, 0) is 26.0 Å². The largest absolute Gasteiger partial charge is 0.463 e. The Morgan fingerprint density at radius 3 is 1.48 bits per heavy atom. The van der Waals surface area contributed by atoms with Gasteiger partial charge in [0.1, 0.15) is 11.4 Å². The molecule has 14 heteroatoms. The van der Waals surface area contributed by atoms with Crippen molar-refractivity contribution in [2.45, 2.75) is 13.8 Å². The summed E-state index contributed by atoms with van der Waals surface area (Å²) in [4.78, 5) is 92.7. The molecule has 2 heterocycles. The molecule has 42 heavy (non-hydrogen) atoms. The van der Waals surface area contributed by atoms with Crippen LogP contribution in [0.3, 0.4) is 0 Å². The number of allylic oxidation sites excluding steroid dienone is 1. The molecule has 6 atom stereocenters. The number of rotatable bonds is 6. The van der Waals surface area contributed by atoms with E-state index in [9.17, 15) is 44.2 Å². The van der Waals surface area contributed by atoms with Crippen LogP contribution < -0.4 is 9.80 Å². The Bertz CT molecular complexity index is 1580. The molecule has 2 saturated heterocycles. The monoisotopic (exact) mass is 574 g/mol. The minimum Gasteiger partial charge on any atom is -0.463 e. The molecular formula is C28H22N4O10. The van der Waals surface area contributed by atoms with E-state index in [2.05, 4.69) is 0 Å². The van der Waals surface area contributed by atoms with Gasteiger partial charge in [0.15, 0.2) is 0 Å². The van der Waals surface area contributed by atoms with Crippen molar-refractivity contribution >= 4 is 52.3 Å². The molecule has 14 nitrogen and oxygen atoms in total. The smallest absolute Gasteiger partial charge is 0.334 e. The number of nitrogens with zero attached hydrogens (tertiary/aromatic N) is 4. The zero-order valence-electron chi connectivity index (χ0n) is 22.2. The van der Waals surface area contributed by atoms with Gasteiger partial charge in [0, 0.05) is 29.5 Å². The van der Waals surface area contributed by atoms with Gasteiger partial charge in [-0.15, -0.1) is 0 Å². The van der Waals surface area contributed by atoms with Gasteiger partial charge >= 0.3 is 5.97 Å². The fraction of sp³-hybridized carbons (Fsp3) is 0.321. The van der Waals surface area contributed by atoms with Crippen molar-refractivity contribution < 1.29 is 38.6 Å². The van der Waals surface area contributed by atoms with Gasteiger partial charge < -0.3 is 4.74 Å². The molecule has 4 amide bonds. The highest BCUT2D eigenvalue weighted by Crippen LogP contribution is 2.63. The van der Waals surface area contributed by atoms with E-state index in [1.165, 1.54) is 43.3 Å². The fourth-order valence-electron chi connectivity index (χ4n) is 7.32. The Morgan fingerprint density at radius 1 is 0.714 bits per heavy atom. The third-order valence-electron chi connectivity index (χ3n) is 8.74. The Hall–Kier alpha value is -5.27. The van der Waals surface area contributed by atoms with E-state index in [0.717, 1.165) is 12.1 Å². The van der Waals surface area contributed by atoms with Crippen molar-refractivity contribution in [3.63, 3.8) is 0 Å². The van der Waals surface area contributed by atoms with Gasteiger partial charge in [-0.25, -0.2) is 14.6 Å². The van der Waals surface area contributed by atoms with Crippen molar-refractivity contribution in [3.05, 3.63) is 79.9 Å². The first kappa shape index (κ1) is 26.9. The summed E-state index contributed by atoms with van der Waals surface area (Å²) in [6.45, 7) is 3.08. The van der Waals surface area contributed by atoms with E-state index in [0.29, 0.717) is 15.4 Å². The number of carbonyl (C=O) groups excluding carboxylic acids is 5. The highest BCUT2D eigenvalue weighted by molar-refractivity contribution is 6.28. The molecule has 2 unspecified atom stereocenters. The van der Waals surface area contributed by atoms with E-state index in [1.54, 1.807) is 6.92 Å². The van der Waals surface area contributed by atoms with Crippen LogP contribution >= 0.6 is 0 Å². The first-order chi connectivity index (χ1) is 20.0. The Morgan fingerprint density at radius 2 is 1.10 bits per heavy atom. The second-order valence-electron chi connectivity index (χ2n) is 10.5. The molecule has 214 valence electrons. The van der Waals surface area contributed by atoms with Crippen LogP contribution in [0.15, 0.2) is 59.7 Å². The molecule has 0 N–H and O–H groups in total. The van der Waals surface area contributed by atoms with Gasteiger partial charge in [-0.1, -0.05) is 29.8 Å². The number of ether oxygens (including phenoxy) is 1. The number of nitro groups is 2. The number of carbonyl (C=O) groups is 5. The summed E-state index contributed by atoms with van der Waals surface area (Å²) in [5, 5.41) is 23.5. The summed E-state index contributed by atoms with van der Waals surface area (Å²) < 4.78 is 5.25. The van der Waals surface area contributed by atoms with Crippen LogP contribution in [-0.4, -0.2) is 46.1 Å². The summed E-state index contributed by atoms with van der Waals surface area (Å²) in [5.74, 6) is -11.5. The standard InChI is InChI=1S/C28H22N4O10/c1-3-42-28(37)18-12(2)17-20-22(26(35)29(24(20)33)13-8-4-6-10-15(13)31(38)39)19(18)23-21(17)25(34)30(27(23)36)14-9-5-7-11-16(14)32(40)41/h4-11,17,19-23H,3H2,1-2H3/t17?,19?,20-,21-,22-,23+/m0/s1. The molecule has 5 aliphatic rings. The van der Waals surface area contributed by atoms with Gasteiger partial charge in [0.2, 0.25) is 23.6 Å². The van der Waals surface area contributed by atoms with Crippen LogP contribution in [-0.2, 0) is 28.7 Å². The highest BCUT2D eigenvalue weighted by atomic mass is 16.6. The Labute approximate surface area is 236 Å². The number of esters is 1. The van der Waals surface area contributed by atoms with Crippen molar-refractivity contribution in [1.82, 2.24) is 0 Å². The quantitative estimate of drug-likeness (QED) is 0.215. The molecular weight excluding hydrogens is 552 g/mol. The van der Waals surface area contributed by atoms with E-state index < -0.39 is 86.3 Å². The summed E-state index contributed by atoms with van der Waals surface area (Å²) in [6.07, 6.45) is 0. The maximum absolute atomic E-state index is 14.0. The molecule has 2 aromatic rings. The van der Waals surface area contributed by atoms with Crippen LogP contribution in [0.4, 0.5) is 22.7 Å². The molecule has 0 radical (unpaired) electrons. The highest BCUT2D eigenvalue weighted by Gasteiger charge is 2.73. The average molecular weight is 575 g/mol. The second-order valence-corrected chi connectivity index (χ2v) is 10.5. The number of anilines is 2. The molecule has 2 bridgehead atoms. The fourth-order valence-corrected chi connectivity index (χ4v) is 7.32. The van der Waals surface area contributed by atoms with Crippen molar-refractivity contribution in [2.24, 2.45) is 35.5 Å².